The molecule has 0 amide bonds. The van der Waals surface area contributed by atoms with Crippen LogP contribution in [0.1, 0.15) is 31.4 Å². The molecule has 1 heterocycles. The van der Waals surface area contributed by atoms with Gasteiger partial charge in [-0.25, -0.2) is 4.39 Å². The number of piperidine rings is 1. The van der Waals surface area contributed by atoms with E-state index in [0.29, 0.717) is 18.0 Å². The van der Waals surface area contributed by atoms with E-state index in [-0.39, 0.29) is 17.2 Å². The van der Waals surface area contributed by atoms with Gasteiger partial charge in [-0.15, -0.1) is 0 Å². The maximum atomic E-state index is 14.2. The summed E-state index contributed by atoms with van der Waals surface area (Å²) in [7, 11) is 0. The van der Waals surface area contributed by atoms with Crippen molar-refractivity contribution in [3.63, 3.8) is 0 Å². The van der Waals surface area contributed by atoms with Gasteiger partial charge in [-0.1, -0.05) is 26.0 Å². The molecule has 1 aliphatic heterocycles. The number of likely N-dealkylation sites (tertiary alicyclic amines) is 1. The lowest BCUT2D eigenvalue weighted by atomic mass is 9.88. The molecule has 0 aliphatic carbocycles. The molecule has 0 bridgehead atoms. The van der Waals surface area contributed by atoms with Crippen LogP contribution in [-0.4, -0.2) is 23.8 Å². The molecular weight excluding hydrogens is 241 g/mol. The van der Waals surface area contributed by atoms with Crippen molar-refractivity contribution in [2.45, 2.75) is 26.8 Å². The van der Waals surface area contributed by atoms with Crippen molar-refractivity contribution in [2.75, 3.05) is 13.1 Å². The Kier molecular flexibility index (Phi) is 4.20. The zero-order valence-electron chi connectivity index (χ0n) is 11.6. The largest absolute Gasteiger partial charge is 0.384 e. The van der Waals surface area contributed by atoms with Gasteiger partial charge in [-0.2, -0.15) is 0 Å². The molecule has 0 spiro atoms. The molecule has 3 N–H and O–H groups in total. The highest BCUT2D eigenvalue weighted by Gasteiger charge is 2.23. The van der Waals surface area contributed by atoms with Crippen LogP contribution in [0, 0.1) is 23.1 Å². The highest BCUT2D eigenvalue weighted by molar-refractivity contribution is 5.95. The summed E-state index contributed by atoms with van der Waals surface area (Å²) < 4.78 is 14.2. The summed E-state index contributed by atoms with van der Waals surface area (Å²) in [6.45, 7) is 7.14. The van der Waals surface area contributed by atoms with Gasteiger partial charge in [-0.05, 0) is 30.9 Å². The minimum Gasteiger partial charge on any atom is -0.384 e. The Morgan fingerprint density at radius 2 is 2.16 bits per heavy atom. The fourth-order valence-corrected chi connectivity index (χ4v) is 2.64. The molecule has 0 aromatic heterocycles. The molecule has 2 rings (SSSR count). The SMILES string of the molecule is CC1CCN(Cc2cccc(C(=N)N)c2F)CC1C. The smallest absolute Gasteiger partial charge is 0.138 e. The number of nitrogens with zero attached hydrogens (tertiary/aromatic N) is 1. The molecule has 2 unspecified atom stereocenters. The van der Waals surface area contributed by atoms with Crippen molar-refractivity contribution in [1.29, 1.82) is 5.41 Å². The Morgan fingerprint density at radius 3 is 2.79 bits per heavy atom. The Bertz CT molecular complexity index is 472. The molecule has 1 aromatic rings. The highest BCUT2D eigenvalue weighted by atomic mass is 19.1. The fourth-order valence-electron chi connectivity index (χ4n) is 2.64. The van der Waals surface area contributed by atoms with E-state index in [4.69, 9.17) is 11.1 Å². The van der Waals surface area contributed by atoms with Crippen LogP contribution in [0.25, 0.3) is 0 Å². The van der Waals surface area contributed by atoms with Crippen LogP contribution in [-0.2, 0) is 6.54 Å². The van der Waals surface area contributed by atoms with Crippen LogP contribution < -0.4 is 5.73 Å². The van der Waals surface area contributed by atoms with Crippen LogP contribution in [0.4, 0.5) is 4.39 Å². The van der Waals surface area contributed by atoms with Gasteiger partial charge in [0, 0.05) is 18.7 Å². The second-order valence-electron chi connectivity index (χ2n) is 5.67. The molecule has 19 heavy (non-hydrogen) atoms. The molecular formula is C15H22FN3. The number of benzene rings is 1. The number of rotatable bonds is 3. The van der Waals surface area contributed by atoms with Crippen molar-refractivity contribution < 1.29 is 4.39 Å². The lowest BCUT2D eigenvalue weighted by Gasteiger charge is -2.35. The minimum atomic E-state index is -0.346. The molecule has 0 saturated carbocycles. The van der Waals surface area contributed by atoms with E-state index in [2.05, 4.69) is 18.7 Å². The number of hydrogen-bond acceptors (Lipinski definition) is 2. The van der Waals surface area contributed by atoms with Crippen molar-refractivity contribution in [2.24, 2.45) is 17.6 Å². The van der Waals surface area contributed by atoms with E-state index in [1.807, 2.05) is 0 Å². The third-order valence-corrected chi connectivity index (χ3v) is 4.18. The summed E-state index contributed by atoms with van der Waals surface area (Å²) in [5, 5.41) is 7.38. The van der Waals surface area contributed by atoms with Crippen molar-refractivity contribution in [1.82, 2.24) is 4.90 Å². The first-order valence-corrected chi connectivity index (χ1v) is 6.83. The Morgan fingerprint density at radius 1 is 1.42 bits per heavy atom. The summed E-state index contributed by atoms with van der Waals surface area (Å²) in [4.78, 5) is 2.28. The number of halogens is 1. The molecule has 1 saturated heterocycles. The predicted molar refractivity (Wildman–Crippen MR) is 75.6 cm³/mol. The number of hydrogen-bond donors (Lipinski definition) is 2. The van der Waals surface area contributed by atoms with Crippen LogP contribution in [0.2, 0.25) is 0 Å². The van der Waals surface area contributed by atoms with Crippen molar-refractivity contribution in [3.8, 4) is 0 Å². The summed E-state index contributed by atoms with van der Waals surface area (Å²) in [6, 6.07) is 5.11. The maximum Gasteiger partial charge on any atom is 0.138 e. The van der Waals surface area contributed by atoms with E-state index >= 15 is 0 Å². The number of nitrogens with one attached hydrogen (secondary N) is 1. The van der Waals surface area contributed by atoms with E-state index in [9.17, 15) is 4.39 Å². The predicted octanol–water partition coefficient (Wildman–Crippen LogP) is 2.59. The lowest BCUT2D eigenvalue weighted by molar-refractivity contribution is 0.131. The molecule has 3 nitrogen and oxygen atoms in total. The average Bonchev–Trinajstić information content (AvgIpc) is 2.36. The zero-order valence-corrected chi connectivity index (χ0v) is 11.6. The van der Waals surface area contributed by atoms with E-state index < -0.39 is 0 Å². The third-order valence-electron chi connectivity index (χ3n) is 4.18. The van der Waals surface area contributed by atoms with Crippen LogP contribution >= 0.6 is 0 Å². The summed E-state index contributed by atoms with van der Waals surface area (Å²) in [5.41, 5.74) is 6.22. The fraction of sp³-hybridized carbons (Fsp3) is 0.533. The van der Waals surface area contributed by atoms with E-state index in [1.54, 1.807) is 18.2 Å². The second-order valence-corrected chi connectivity index (χ2v) is 5.67. The van der Waals surface area contributed by atoms with Gasteiger partial charge in [0.1, 0.15) is 11.7 Å². The van der Waals surface area contributed by atoms with Gasteiger partial charge in [0.2, 0.25) is 0 Å². The standard InChI is InChI=1S/C15H22FN3/c1-10-6-7-19(8-11(10)2)9-12-4-3-5-13(14(12)16)15(17)18/h3-5,10-11H,6-9H2,1-2H3,(H3,17,18). The summed E-state index contributed by atoms with van der Waals surface area (Å²) in [6.07, 6.45) is 1.16. The van der Waals surface area contributed by atoms with Gasteiger partial charge < -0.3 is 5.73 Å². The average molecular weight is 263 g/mol. The summed E-state index contributed by atoms with van der Waals surface area (Å²) >= 11 is 0. The zero-order chi connectivity index (χ0) is 14.0. The summed E-state index contributed by atoms with van der Waals surface area (Å²) in [5.74, 6) is 0.832. The van der Waals surface area contributed by atoms with Crippen LogP contribution in [0.5, 0.6) is 0 Å². The van der Waals surface area contributed by atoms with Gasteiger partial charge >= 0.3 is 0 Å². The molecule has 1 aliphatic rings. The first kappa shape index (κ1) is 14.0. The van der Waals surface area contributed by atoms with Gasteiger partial charge in [0.15, 0.2) is 0 Å². The molecule has 4 heteroatoms. The highest BCUT2D eigenvalue weighted by Crippen LogP contribution is 2.24. The Balaban J connectivity index is 2.11. The van der Waals surface area contributed by atoms with Crippen LogP contribution in [0.3, 0.4) is 0 Å². The Labute approximate surface area is 114 Å². The van der Waals surface area contributed by atoms with Gasteiger partial charge in [0.05, 0.1) is 5.56 Å². The van der Waals surface area contributed by atoms with Crippen molar-refractivity contribution >= 4 is 5.84 Å². The molecule has 2 atom stereocenters. The first-order valence-electron chi connectivity index (χ1n) is 6.83. The van der Waals surface area contributed by atoms with Crippen molar-refractivity contribution in [3.05, 3.63) is 35.1 Å². The third kappa shape index (κ3) is 3.13. The number of nitrogens with two attached hydrogens (primary N) is 1. The molecule has 104 valence electrons. The monoisotopic (exact) mass is 263 g/mol. The Hall–Kier alpha value is -1.42. The van der Waals surface area contributed by atoms with Gasteiger partial charge in [0.25, 0.3) is 0 Å². The quantitative estimate of drug-likeness (QED) is 0.650. The number of amidine groups is 1. The van der Waals surface area contributed by atoms with Crippen LogP contribution in [0.15, 0.2) is 18.2 Å². The van der Waals surface area contributed by atoms with Gasteiger partial charge in [-0.3, -0.25) is 10.3 Å². The van der Waals surface area contributed by atoms with E-state index in [0.717, 1.165) is 25.4 Å². The second kappa shape index (κ2) is 5.70. The maximum absolute atomic E-state index is 14.2. The first-order chi connectivity index (χ1) is 8.99. The number of nitrogen functional groups attached to an aromatic ring is 1. The molecule has 1 aromatic carbocycles. The normalized spacial score (nSPS) is 24.4. The lowest BCUT2D eigenvalue weighted by Crippen LogP contribution is -2.38. The molecule has 0 radical (unpaired) electrons. The topological polar surface area (TPSA) is 53.1 Å². The van der Waals surface area contributed by atoms with E-state index in [1.165, 1.54) is 0 Å². The molecule has 1 fully saturated rings. The minimum absolute atomic E-state index is 0.205.